The first-order valence-electron chi connectivity index (χ1n) is 8.10. The van der Waals surface area contributed by atoms with E-state index in [4.69, 9.17) is 13.6 Å². The minimum absolute atomic E-state index is 0.630. The van der Waals surface area contributed by atoms with Crippen LogP contribution in [-0.2, 0) is 13.6 Å². The van der Waals surface area contributed by atoms with E-state index in [0.717, 1.165) is 25.2 Å². The van der Waals surface area contributed by atoms with E-state index in [1.165, 1.54) is 38.5 Å². The third kappa shape index (κ3) is 4.85. The van der Waals surface area contributed by atoms with Gasteiger partial charge in [0.1, 0.15) is 0 Å². The molecule has 3 unspecified atom stereocenters. The van der Waals surface area contributed by atoms with Gasteiger partial charge in [-0.15, -0.1) is 0 Å². The Morgan fingerprint density at radius 1 is 1.05 bits per heavy atom. The molecule has 2 fully saturated rings. The molecule has 1 aliphatic carbocycles. The van der Waals surface area contributed by atoms with Gasteiger partial charge in [0.05, 0.1) is 12.2 Å². The molecule has 2 rings (SSSR count). The van der Waals surface area contributed by atoms with Gasteiger partial charge < -0.3 is 13.6 Å². The van der Waals surface area contributed by atoms with E-state index in [0.29, 0.717) is 12.2 Å². The lowest BCUT2D eigenvalue weighted by Gasteiger charge is -2.26. The van der Waals surface area contributed by atoms with Crippen LogP contribution in [0.15, 0.2) is 0 Å². The van der Waals surface area contributed by atoms with Crippen molar-refractivity contribution < 1.29 is 13.6 Å². The molecule has 4 heteroatoms. The first-order chi connectivity index (χ1) is 9.17. The second-order valence-corrected chi connectivity index (χ2v) is 9.48. The Hall–Kier alpha value is 0.0969. The zero-order valence-corrected chi connectivity index (χ0v) is 13.8. The molecule has 0 bridgehead atoms. The zero-order chi connectivity index (χ0) is 13.7. The minimum atomic E-state index is -1.87. The van der Waals surface area contributed by atoms with Gasteiger partial charge in [0, 0.05) is 13.2 Å². The number of fused-ring (bicyclic) bond motifs is 1. The van der Waals surface area contributed by atoms with Crippen LogP contribution < -0.4 is 0 Å². The van der Waals surface area contributed by atoms with Gasteiger partial charge in [0.2, 0.25) is 0 Å². The highest BCUT2D eigenvalue weighted by Crippen LogP contribution is 2.41. The second-order valence-electron chi connectivity index (χ2n) is 6.14. The smallest absolute Gasteiger partial charge is 0.334 e. The summed E-state index contributed by atoms with van der Waals surface area (Å²) in [4.78, 5) is 0. The molecule has 0 aromatic rings. The monoisotopic (exact) mass is 286 g/mol. The third-order valence-corrected chi connectivity index (χ3v) is 7.57. The van der Waals surface area contributed by atoms with Crippen LogP contribution in [0.1, 0.15) is 52.4 Å². The molecule has 0 spiro atoms. The highest BCUT2D eigenvalue weighted by molar-refractivity contribution is 6.66. The predicted molar refractivity (Wildman–Crippen MR) is 79.5 cm³/mol. The van der Waals surface area contributed by atoms with Crippen LogP contribution in [0.3, 0.4) is 0 Å². The standard InChI is InChI=1S/C15H30O3Si/c1-4-16-19(3,17-5-2)11-7-6-8-13-9-10-14-15(12-13)18-14/h13-15H,4-12H2,1-3H3. The molecule has 0 radical (unpaired) electrons. The zero-order valence-electron chi connectivity index (χ0n) is 12.8. The summed E-state index contributed by atoms with van der Waals surface area (Å²) in [5.41, 5.74) is 0. The average Bonchev–Trinajstić information content (AvgIpc) is 3.14. The molecule has 19 heavy (non-hydrogen) atoms. The first-order valence-corrected chi connectivity index (χ1v) is 10.6. The van der Waals surface area contributed by atoms with Crippen molar-refractivity contribution in [3.63, 3.8) is 0 Å². The molecule has 112 valence electrons. The van der Waals surface area contributed by atoms with Crippen molar-refractivity contribution in [1.29, 1.82) is 0 Å². The van der Waals surface area contributed by atoms with Crippen molar-refractivity contribution in [2.75, 3.05) is 13.2 Å². The number of ether oxygens (including phenoxy) is 1. The largest absolute Gasteiger partial charge is 0.395 e. The van der Waals surface area contributed by atoms with Gasteiger partial charge >= 0.3 is 8.56 Å². The number of epoxide rings is 1. The SMILES string of the molecule is CCO[Si](C)(CCCCC1CCC2OC2C1)OCC. The molecule has 0 amide bonds. The quantitative estimate of drug-likeness (QED) is 0.366. The van der Waals surface area contributed by atoms with Crippen molar-refractivity contribution in [2.45, 2.75) is 77.2 Å². The highest BCUT2D eigenvalue weighted by atomic mass is 28.4. The van der Waals surface area contributed by atoms with Crippen molar-refractivity contribution in [3.05, 3.63) is 0 Å². The summed E-state index contributed by atoms with van der Waals surface area (Å²) in [7, 11) is -1.87. The fraction of sp³-hybridized carbons (Fsp3) is 1.00. The van der Waals surface area contributed by atoms with Crippen molar-refractivity contribution in [2.24, 2.45) is 5.92 Å². The van der Waals surface area contributed by atoms with Gasteiger partial charge in [0.25, 0.3) is 0 Å². The van der Waals surface area contributed by atoms with E-state index >= 15 is 0 Å². The van der Waals surface area contributed by atoms with Crippen molar-refractivity contribution in [3.8, 4) is 0 Å². The molecule has 1 saturated heterocycles. The van der Waals surface area contributed by atoms with Crippen LogP contribution in [0.4, 0.5) is 0 Å². The van der Waals surface area contributed by atoms with Crippen LogP contribution in [0.25, 0.3) is 0 Å². The van der Waals surface area contributed by atoms with Crippen LogP contribution in [0, 0.1) is 5.92 Å². The van der Waals surface area contributed by atoms with Crippen LogP contribution >= 0.6 is 0 Å². The molecular formula is C15H30O3Si. The lowest BCUT2D eigenvalue weighted by Crippen LogP contribution is -2.38. The van der Waals surface area contributed by atoms with E-state index in [2.05, 4.69) is 20.4 Å². The maximum atomic E-state index is 5.88. The number of rotatable bonds is 9. The summed E-state index contributed by atoms with van der Waals surface area (Å²) in [6.07, 6.45) is 9.23. The van der Waals surface area contributed by atoms with Crippen LogP contribution in [0.2, 0.25) is 12.6 Å². The van der Waals surface area contributed by atoms with Gasteiger partial charge in [-0.1, -0.05) is 19.3 Å². The van der Waals surface area contributed by atoms with Crippen LogP contribution in [0.5, 0.6) is 0 Å². The summed E-state index contributed by atoms with van der Waals surface area (Å²) >= 11 is 0. The molecule has 3 nitrogen and oxygen atoms in total. The van der Waals surface area contributed by atoms with Gasteiger partial charge in [0.15, 0.2) is 0 Å². The topological polar surface area (TPSA) is 31.0 Å². The third-order valence-electron chi connectivity index (χ3n) is 4.51. The maximum absolute atomic E-state index is 5.88. The lowest BCUT2D eigenvalue weighted by molar-refractivity contribution is 0.187. The molecule has 1 aliphatic heterocycles. The first kappa shape index (κ1) is 15.5. The summed E-state index contributed by atoms with van der Waals surface area (Å²) in [6.45, 7) is 7.91. The van der Waals surface area contributed by atoms with E-state index in [1.807, 2.05) is 0 Å². The fourth-order valence-electron chi connectivity index (χ4n) is 3.42. The molecule has 2 aliphatic rings. The molecule has 1 heterocycles. The molecule has 1 saturated carbocycles. The molecular weight excluding hydrogens is 256 g/mol. The Labute approximate surface area is 119 Å². The van der Waals surface area contributed by atoms with Gasteiger partial charge in [-0.2, -0.15) is 0 Å². The summed E-state index contributed by atoms with van der Waals surface area (Å²) in [5.74, 6) is 0.913. The maximum Gasteiger partial charge on any atom is 0.334 e. The molecule has 3 atom stereocenters. The molecule has 0 aromatic carbocycles. The summed E-state index contributed by atoms with van der Waals surface area (Å²) < 4.78 is 17.4. The van der Waals surface area contributed by atoms with Crippen molar-refractivity contribution >= 4 is 8.56 Å². The van der Waals surface area contributed by atoms with E-state index < -0.39 is 8.56 Å². The molecule has 0 N–H and O–H groups in total. The Balaban J connectivity index is 1.59. The van der Waals surface area contributed by atoms with Crippen molar-refractivity contribution in [1.82, 2.24) is 0 Å². The van der Waals surface area contributed by atoms with Gasteiger partial charge in [-0.25, -0.2) is 0 Å². The number of unbranched alkanes of at least 4 members (excludes halogenated alkanes) is 1. The summed E-state index contributed by atoms with van der Waals surface area (Å²) in [6, 6.07) is 1.14. The van der Waals surface area contributed by atoms with Gasteiger partial charge in [-0.3, -0.25) is 0 Å². The minimum Gasteiger partial charge on any atom is -0.395 e. The Kier molecular flexibility index (Phi) is 5.87. The second kappa shape index (κ2) is 7.20. The normalized spacial score (nSPS) is 30.2. The van der Waals surface area contributed by atoms with E-state index in [-0.39, 0.29) is 0 Å². The Morgan fingerprint density at radius 3 is 2.42 bits per heavy atom. The lowest BCUT2D eigenvalue weighted by atomic mass is 9.86. The Morgan fingerprint density at radius 2 is 1.79 bits per heavy atom. The molecule has 0 aromatic heterocycles. The van der Waals surface area contributed by atoms with E-state index in [1.54, 1.807) is 0 Å². The number of hydrogen-bond acceptors (Lipinski definition) is 3. The highest BCUT2D eigenvalue weighted by Gasteiger charge is 2.43. The average molecular weight is 286 g/mol. The fourth-order valence-corrected chi connectivity index (χ4v) is 5.91. The predicted octanol–water partition coefficient (Wildman–Crippen LogP) is 3.87. The number of hydrogen-bond donors (Lipinski definition) is 0. The Bertz CT molecular complexity index is 266. The van der Waals surface area contributed by atoms with Gasteiger partial charge in [-0.05, 0) is 51.6 Å². The van der Waals surface area contributed by atoms with E-state index in [9.17, 15) is 0 Å². The summed E-state index contributed by atoms with van der Waals surface area (Å²) in [5, 5.41) is 0. The van der Waals surface area contributed by atoms with Crippen LogP contribution in [-0.4, -0.2) is 34.0 Å².